The lowest BCUT2D eigenvalue weighted by Gasteiger charge is -2.30. The molecule has 0 aliphatic rings. The summed E-state index contributed by atoms with van der Waals surface area (Å²) in [5, 5.41) is 2.69. The highest BCUT2D eigenvalue weighted by atomic mass is 31.2. The molecule has 1 aromatic rings. The molecular formula is C31H57N2O6P. The van der Waals surface area contributed by atoms with Crippen LogP contribution in [-0.4, -0.2) is 57.6 Å². The van der Waals surface area contributed by atoms with Gasteiger partial charge in [-0.2, -0.15) is 0 Å². The molecule has 0 saturated carbocycles. The van der Waals surface area contributed by atoms with Crippen molar-refractivity contribution in [1.82, 2.24) is 5.32 Å². The van der Waals surface area contributed by atoms with Gasteiger partial charge in [0.05, 0.1) is 21.1 Å². The number of unbranched alkanes of at least 4 members (excludes halogenated alkanes) is 13. The molecule has 0 heterocycles. The molecule has 1 N–H and O–H groups in total. The lowest BCUT2D eigenvalue weighted by molar-refractivity contribution is -0.870. The van der Waals surface area contributed by atoms with Gasteiger partial charge in [0.1, 0.15) is 25.9 Å². The molecule has 40 heavy (non-hydrogen) atoms. The number of benzene rings is 1. The van der Waals surface area contributed by atoms with E-state index in [-0.39, 0.29) is 13.2 Å². The van der Waals surface area contributed by atoms with Crippen LogP contribution in [0.4, 0.5) is 4.79 Å². The van der Waals surface area contributed by atoms with Crippen LogP contribution < -0.4 is 10.2 Å². The van der Waals surface area contributed by atoms with E-state index in [1.165, 1.54) is 70.6 Å². The number of likely N-dealkylation sites (N-methyl/N-ethyl adjacent to an activating group) is 1. The van der Waals surface area contributed by atoms with Crippen molar-refractivity contribution in [3.05, 3.63) is 35.9 Å². The van der Waals surface area contributed by atoms with Crippen molar-refractivity contribution in [2.45, 2.75) is 116 Å². The van der Waals surface area contributed by atoms with Crippen molar-refractivity contribution in [2.75, 3.05) is 40.9 Å². The number of hydrogen-bond acceptors (Lipinski definition) is 6. The second-order valence-electron chi connectivity index (χ2n) is 11.8. The molecule has 1 aromatic carbocycles. The molecule has 0 aliphatic heterocycles. The van der Waals surface area contributed by atoms with Gasteiger partial charge >= 0.3 is 6.09 Å². The molecule has 232 valence electrons. The first kappa shape index (κ1) is 36.6. The van der Waals surface area contributed by atoms with E-state index in [0.29, 0.717) is 24.0 Å². The maximum Gasteiger partial charge on any atom is 0.407 e. The number of nitrogens with one attached hydrogen (secondary N) is 1. The quantitative estimate of drug-likeness (QED) is 0.0733. The van der Waals surface area contributed by atoms with E-state index >= 15 is 0 Å². The molecular weight excluding hydrogens is 527 g/mol. The number of carbonyl (C=O) groups is 1. The molecule has 0 bridgehead atoms. The van der Waals surface area contributed by atoms with Crippen LogP contribution >= 0.6 is 7.82 Å². The number of phosphoric acid groups is 1. The summed E-state index contributed by atoms with van der Waals surface area (Å²) in [4.78, 5) is 24.7. The van der Waals surface area contributed by atoms with E-state index < -0.39 is 20.0 Å². The molecule has 2 unspecified atom stereocenters. The molecule has 8 nitrogen and oxygen atoms in total. The number of ether oxygens (including phenoxy) is 1. The van der Waals surface area contributed by atoms with Crippen LogP contribution in [0.2, 0.25) is 0 Å². The minimum atomic E-state index is -4.52. The zero-order valence-electron chi connectivity index (χ0n) is 25.7. The predicted molar refractivity (Wildman–Crippen MR) is 161 cm³/mol. The molecule has 9 heteroatoms. The lowest BCUT2D eigenvalue weighted by Crippen LogP contribution is -2.37. The third-order valence-corrected chi connectivity index (χ3v) is 7.90. The van der Waals surface area contributed by atoms with Crippen LogP contribution in [0, 0.1) is 0 Å². The van der Waals surface area contributed by atoms with Gasteiger partial charge in [0.15, 0.2) is 0 Å². The van der Waals surface area contributed by atoms with E-state index in [1.54, 1.807) is 0 Å². The zero-order chi connectivity index (χ0) is 29.5. The SMILES string of the molecule is CCCCCCCCCCCCCCCCC(COC(=O)NCc1ccccc1)OP(=O)([O-])OCC[N+](C)(C)C. The summed E-state index contributed by atoms with van der Waals surface area (Å²) in [6, 6.07) is 9.51. The summed E-state index contributed by atoms with van der Waals surface area (Å²) >= 11 is 0. The van der Waals surface area contributed by atoms with Gasteiger partial charge in [-0.15, -0.1) is 0 Å². The van der Waals surface area contributed by atoms with Crippen LogP contribution in [0.1, 0.15) is 109 Å². The summed E-state index contributed by atoms with van der Waals surface area (Å²) in [7, 11) is 1.36. The Morgan fingerprint density at radius 2 is 1.40 bits per heavy atom. The van der Waals surface area contributed by atoms with Gasteiger partial charge < -0.3 is 28.5 Å². The van der Waals surface area contributed by atoms with E-state index in [1.807, 2.05) is 51.5 Å². The van der Waals surface area contributed by atoms with Crippen LogP contribution in [-0.2, 0) is 24.9 Å². The first-order chi connectivity index (χ1) is 19.1. The molecule has 1 rings (SSSR count). The van der Waals surface area contributed by atoms with Crippen molar-refractivity contribution in [3.8, 4) is 0 Å². The number of quaternary nitrogens is 1. The third-order valence-electron chi connectivity index (χ3n) is 6.85. The van der Waals surface area contributed by atoms with Gasteiger partial charge in [-0.3, -0.25) is 4.57 Å². The third kappa shape index (κ3) is 22.3. The number of amides is 1. The molecule has 0 spiro atoms. The fourth-order valence-corrected chi connectivity index (χ4v) is 5.26. The van der Waals surface area contributed by atoms with Crippen molar-refractivity contribution in [3.63, 3.8) is 0 Å². The van der Waals surface area contributed by atoms with Gasteiger partial charge in [0.2, 0.25) is 0 Å². The van der Waals surface area contributed by atoms with Gasteiger partial charge in [-0.25, -0.2) is 4.79 Å². The highest BCUT2D eigenvalue weighted by Crippen LogP contribution is 2.40. The van der Waals surface area contributed by atoms with Crippen molar-refractivity contribution in [1.29, 1.82) is 0 Å². The Kier molecular flexibility index (Phi) is 20.3. The summed E-state index contributed by atoms with van der Waals surface area (Å²) in [5.41, 5.74) is 0.948. The van der Waals surface area contributed by atoms with Gasteiger partial charge in [0, 0.05) is 6.54 Å². The average Bonchev–Trinajstić information content (AvgIpc) is 2.90. The summed E-state index contributed by atoms with van der Waals surface area (Å²) in [6.45, 7) is 3.00. The van der Waals surface area contributed by atoms with Crippen LogP contribution in [0.3, 0.4) is 0 Å². The smallest absolute Gasteiger partial charge is 0.407 e. The largest absolute Gasteiger partial charge is 0.756 e. The van der Waals surface area contributed by atoms with Crippen LogP contribution in [0.5, 0.6) is 0 Å². The lowest BCUT2D eigenvalue weighted by atomic mass is 10.0. The first-order valence-electron chi connectivity index (χ1n) is 15.5. The molecule has 0 fully saturated rings. The Hall–Kier alpha value is -1.44. The van der Waals surface area contributed by atoms with Gasteiger partial charge in [0.25, 0.3) is 7.82 Å². The summed E-state index contributed by atoms with van der Waals surface area (Å²) in [5.74, 6) is 0. The standard InChI is InChI=1S/C31H57N2O6P/c1-5-6-7-8-9-10-11-12-13-14-15-16-17-21-24-30(39-40(35,36)38-26-25-33(2,3)4)28-37-31(34)32-27-29-22-19-18-20-23-29/h18-20,22-23,30H,5-17,21,24-28H2,1-4H3,(H-,32,34,35,36). The van der Waals surface area contributed by atoms with E-state index in [2.05, 4.69) is 12.2 Å². The van der Waals surface area contributed by atoms with E-state index in [0.717, 1.165) is 24.8 Å². The predicted octanol–water partition coefficient (Wildman–Crippen LogP) is 7.36. The highest BCUT2D eigenvalue weighted by molar-refractivity contribution is 7.45. The summed E-state index contributed by atoms with van der Waals surface area (Å²) in [6.07, 6.45) is 16.6. The number of carbonyl (C=O) groups excluding carboxylic acids is 1. The molecule has 0 radical (unpaired) electrons. The van der Waals surface area contributed by atoms with Crippen molar-refractivity contribution in [2.24, 2.45) is 0 Å². The Morgan fingerprint density at radius 3 is 1.93 bits per heavy atom. The van der Waals surface area contributed by atoms with Crippen LogP contribution in [0.25, 0.3) is 0 Å². The topological polar surface area (TPSA) is 96.9 Å². The van der Waals surface area contributed by atoms with Gasteiger partial charge in [-0.05, 0) is 12.0 Å². The monoisotopic (exact) mass is 584 g/mol. The maximum atomic E-state index is 12.5. The van der Waals surface area contributed by atoms with Crippen LogP contribution in [0.15, 0.2) is 30.3 Å². The molecule has 0 aromatic heterocycles. The fourth-order valence-electron chi connectivity index (χ4n) is 4.36. The van der Waals surface area contributed by atoms with E-state index in [4.69, 9.17) is 13.8 Å². The minimum Gasteiger partial charge on any atom is -0.756 e. The molecule has 2 atom stereocenters. The number of hydrogen-bond donors (Lipinski definition) is 1. The Labute approximate surface area is 244 Å². The second kappa shape index (κ2) is 22.2. The Bertz CT molecular complexity index is 803. The fraction of sp³-hybridized carbons (Fsp3) is 0.774. The Morgan fingerprint density at radius 1 is 0.875 bits per heavy atom. The van der Waals surface area contributed by atoms with Crippen molar-refractivity contribution < 1.29 is 32.5 Å². The number of nitrogens with zero attached hydrogens (tertiary/aromatic N) is 1. The highest BCUT2D eigenvalue weighted by Gasteiger charge is 2.21. The Balaban J connectivity index is 2.33. The van der Waals surface area contributed by atoms with E-state index in [9.17, 15) is 14.3 Å². The first-order valence-corrected chi connectivity index (χ1v) is 17.0. The van der Waals surface area contributed by atoms with Gasteiger partial charge in [-0.1, -0.05) is 127 Å². The average molecular weight is 585 g/mol. The molecule has 0 saturated heterocycles. The molecule has 1 amide bonds. The van der Waals surface area contributed by atoms with Crippen molar-refractivity contribution >= 4 is 13.9 Å². The second-order valence-corrected chi connectivity index (χ2v) is 13.2. The number of alkyl carbamates (subject to hydrolysis) is 1. The summed E-state index contributed by atoms with van der Waals surface area (Å²) < 4.78 is 28.8. The maximum absolute atomic E-state index is 12.5. The molecule has 0 aliphatic carbocycles. The minimum absolute atomic E-state index is 0.0360. The number of phosphoric ester groups is 1. The zero-order valence-corrected chi connectivity index (χ0v) is 26.6. The normalized spacial score (nSPS) is 14.0. The number of rotatable bonds is 25.